The Morgan fingerprint density at radius 3 is 2.82 bits per heavy atom. The SMILES string of the molecule is C=[NH+][C@@H](C)C(=O)OC[C@H]1CN(c2ccc(-c3ccc(-c4nnc(C)o4)nc3)c(F)c2)C(=O)O1. The molecule has 0 aliphatic carbocycles. The maximum Gasteiger partial charge on any atom is 0.414 e. The summed E-state index contributed by atoms with van der Waals surface area (Å²) in [6.07, 6.45) is 0.196. The summed E-state index contributed by atoms with van der Waals surface area (Å²) in [4.78, 5) is 32.1. The number of pyridine rings is 1. The summed E-state index contributed by atoms with van der Waals surface area (Å²) in [5, 5.41) is 7.66. The molecule has 1 amide bonds. The molecule has 0 unspecified atom stereocenters. The third kappa shape index (κ3) is 4.71. The minimum absolute atomic E-state index is 0.106. The number of amides is 1. The summed E-state index contributed by atoms with van der Waals surface area (Å²) in [5.74, 6) is -0.347. The molecule has 3 aromatic rings. The summed E-state index contributed by atoms with van der Waals surface area (Å²) < 4.78 is 30.6. The number of anilines is 1. The van der Waals surface area contributed by atoms with Gasteiger partial charge in [0.05, 0.1) is 12.2 Å². The topological polar surface area (TPSA) is 122 Å². The second kappa shape index (κ2) is 9.15. The van der Waals surface area contributed by atoms with Crippen molar-refractivity contribution in [1.29, 1.82) is 0 Å². The molecule has 3 heterocycles. The third-order valence-corrected chi connectivity index (χ3v) is 5.03. The van der Waals surface area contributed by atoms with Gasteiger partial charge in [0.1, 0.15) is 24.8 Å². The molecule has 1 aliphatic rings. The predicted molar refractivity (Wildman–Crippen MR) is 114 cm³/mol. The first-order valence-electron chi connectivity index (χ1n) is 10.1. The van der Waals surface area contributed by atoms with Gasteiger partial charge in [-0.3, -0.25) is 9.88 Å². The highest BCUT2D eigenvalue weighted by Crippen LogP contribution is 2.29. The number of nitrogens with one attached hydrogen (secondary N) is 1. The molecule has 1 aromatic carbocycles. The molecule has 170 valence electrons. The van der Waals surface area contributed by atoms with E-state index in [0.717, 1.165) is 0 Å². The average Bonchev–Trinajstić information content (AvgIpc) is 3.42. The molecule has 1 saturated heterocycles. The van der Waals surface area contributed by atoms with E-state index in [2.05, 4.69) is 26.9 Å². The largest absolute Gasteiger partial charge is 0.457 e. The van der Waals surface area contributed by atoms with Crippen LogP contribution in [0.25, 0.3) is 22.7 Å². The maximum atomic E-state index is 14.9. The summed E-state index contributed by atoms with van der Waals surface area (Å²) in [7, 11) is 0. The highest BCUT2D eigenvalue weighted by molar-refractivity contribution is 5.90. The van der Waals surface area contributed by atoms with Crippen molar-refractivity contribution in [2.45, 2.75) is 26.0 Å². The Hall–Kier alpha value is -4.15. The highest BCUT2D eigenvalue weighted by atomic mass is 19.1. The molecule has 4 rings (SSSR count). The lowest BCUT2D eigenvalue weighted by Crippen LogP contribution is -2.75. The fraction of sp³-hybridized carbons (Fsp3) is 0.273. The molecule has 1 N–H and O–H groups in total. The molecule has 2 atom stereocenters. The Bertz CT molecular complexity index is 1200. The van der Waals surface area contributed by atoms with Crippen LogP contribution >= 0.6 is 0 Å². The lowest BCUT2D eigenvalue weighted by molar-refractivity contribution is -0.476. The van der Waals surface area contributed by atoms with Crippen LogP contribution in [0.1, 0.15) is 12.8 Å². The number of carbonyl (C=O) groups is 2. The first-order valence-corrected chi connectivity index (χ1v) is 10.1. The van der Waals surface area contributed by atoms with Crippen molar-refractivity contribution in [3.63, 3.8) is 0 Å². The second-order valence-electron chi connectivity index (χ2n) is 7.39. The summed E-state index contributed by atoms with van der Waals surface area (Å²) in [5.41, 5.74) is 1.66. The number of esters is 1. The van der Waals surface area contributed by atoms with Gasteiger partial charge in [-0.2, -0.15) is 0 Å². The first kappa shape index (κ1) is 22.1. The third-order valence-electron chi connectivity index (χ3n) is 5.03. The van der Waals surface area contributed by atoms with E-state index in [1.54, 1.807) is 38.1 Å². The number of halogens is 1. The van der Waals surface area contributed by atoms with E-state index in [4.69, 9.17) is 13.9 Å². The lowest BCUT2D eigenvalue weighted by atomic mass is 10.1. The lowest BCUT2D eigenvalue weighted by Gasteiger charge is -2.14. The van der Waals surface area contributed by atoms with Gasteiger partial charge >= 0.3 is 12.1 Å². The van der Waals surface area contributed by atoms with Gasteiger partial charge in [0, 0.05) is 31.2 Å². The Balaban J connectivity index is 1.44. The van der Waals surface area contributed by atoms with Crippen LogP contribution in [0.5, 0.6) is 0 Å². The van der Waals surface area contributed by atoms with Crippen molar-refractivity contribution in [3.05, 3.63) is 48.2 Å². The van der Waals surface area contributed by atoms with Gasteiger partial charge in [-0.25, -0.2) is 19.0 Å². The number of ether oxygens (including phenoxy) is 2. The average molecular weight is 454 g/mol. The number of nitrogens with zero attached hydrogens (tertiary/aromatic N) is 4. The molecule has 10 nitrogen and oxygen atoms in total. The van der Waals surface area contributed by atoms with Crippen molar-refractivity contribution in [2.75, 3.05) is 18.1 Å². The second-order valence-corrected chi connectivity index (χ2v) is 7.39. The Morgan fingerprint density at radius 1 is 1.36 bits per heavy atom. The fourth-order valence-corrected chi connectivity index (χ4v) is 3.19. The molecular weight excluding hydrogens is 433 g/mol. The molecule has 2 aromatic heterocycles. The zero-order valence-electron chi connectivity index (χ0n) is 17.9. The molecule has 0 bridgehead atoms. The first-order chi connectivity index (χ1) is 15.9. The van der Waals surface area contributed by atoms with Crippen LogP contribution in [0.3, 0.4) is 0 Å². The molecular formula is C22H21FN5O5+. The Kier molecular flexibility index (Phi) is 6.11. The molecule has 1 aliphatic heterocycles. The van der Waals surface area contributed by atoms with Crippen molar-refractivity contribution < 1.29 is 32.9 Å². The standard InChI is InChI=1S/C22H20FN5O5/c1-12(24-3)21(29)31-11-16-10-28(22(30)33-16)15-5-6-17(18(23)8-15)14-4-7-19(25-9-14)20-27-26-13(2)32-20/h4-9,12,16H,3,10-11H2,1-2H3/p+1/t12-,16+/m0/s1. The molecule has 11 heteroatoms. The number of carbonyl (C=O) groups excluding carboxylic acids is 2. The normalized spacial score (nSPS) is 16.4. The van der Waals surface area contributed by atoms with Gasteiger partial charge in [0.15, 0.2) is 6.10 Å². The quantitative estimate of drug-likeness (QED) is 0.419. The van der Waals surface area contributed by atoms with E-state index in [1.807, 2.05) is 0 Å². The van der Waals surface area contributed by atoms with Crippen LogP contribution in [-0.4, -0.2) is 59.3 Å². The van der Waals surface area contributed by atoms with Crippen molar-refractivity contribution >= 4 is 24.5 Å². The summed E-state index contributed by atoms with van der Waals surface area (Å²) >= 11 is 0. The van der Waals surface area contributed by atoms with Gasteiger partial charge in [-0.05, 0) is 24.3 Å². The minimum atomic E-state index is -0.661. The van der Waals surface area contributed by atoms with E-state index in [-0.39, 0.29) is 19.0 Å². The zero-order valence-corrected chi connectivity index (χ0v) is 17.9. The predicted octanol–water partition coefficient (Wildman–Crippen LogP) is 1.28. The fourth-order valence-electron chi connectivity index (χ4n) is 3.19. The van der Waals surface area contributed by atoms with Crippen molar-refractivity contribution in [2.24, 2.45) is 0 Å². The van der Waals surface area contributed by atoms with Crippen LogP contribution in [0, 0.1) is 12.7 Å². The van der Waals surface area contributed by atoms with Gasteiger partial charge in [-0.15, -0.1) is 10.2 Å². The van der Waals surface area contributed by atoms with Crippen molar-refractivity contribution in [3.8, 4) is 22.7 Å². The van der Waals surface area contributed by atoms with Crippen LogP contribution in [-0.2, 0) is 14.3 Å². The van der Waals surface area contributed by atoms with E-state index in [0.29, 0.717) is 28.4 Å². The van der Waals surface area contributed by atoms with E-state index < -0.39 is 30.0 Å². The molecule has 0 saturated carbocycles. The van der Waals surface area contributed by atoms with Crippen LogP contribution in [0.2, 0.25) is 0 Å². The Labute approximate surface area is 188 Å². The minimum Gasteiger partial charge on any atom is -0.457 e. The summed E-state index contributed by atoms with van der Waals surface area (Å²) in [6, 6.07) is 7.17. The van der Waals surface area contributed by atoms with E-state index in [9.17, 15) is 14.0 Å². The Morgan fingerprint density at radius 2 is 2.18 bits per heavy atom. The van der Waals surface area contributed by atoms with Gasteiger partial charge < -0.3 is 13.9 Å². The number of benzene rings is 1. The monoisotopic (exact) mass is 454 g/mol. The van der Waals surface area contributed by atoms with Gasteiger partial charge in [0.2, 0.25) is 11.9 Å². The number of aromatic nitrogens is 3. The maximum absolute atomic E-state index is 14.9. The number of cyclic esters (lactones) is 1. The van der Waals surface area contributed by atoms with E-state index >= 15 is 0 Å². The summed E-state index contributed by atoms with van der Waals surface area (Å²) in [6.45, 7) is 6.70. The van der Waals surface area contributed by atoms with Crippen molar-refractivity contribution in [1.82, 2.24) is 15.2 Å². The number of hydrogen-bond donors (Lipinski definition) is 1. The van der Waals surface area contributed by atoms with E-state index in [1.165, 1.54) is 17.2 Å². The number of hydrogen-bond acceptors (Lipinski definition) is 8. The highest BCUT2D eigenvalue weighted by Gasteiger charge is 2.34. The molecule has 1 fully saturated rings. The molecule has 0 spiro atoms. The zero-order chi connectivity index (χ0) is 23.5. The van der Waals surface area contributed by atoms with Gasteiger partial charge in [-0.1, -0.05) is 6.07 Å². The molecule has 0 radical (unpaired) electrons. The smallest absolute Gasteiger partial charge is 0.414 e. The van der Waals surface area contributed by atoms with Crippen LogP contribution < -0.4 is 9.89 Å². The number of rotatable bonds is 7. The molecule has 33 heavy (non-hydrogen) atoms. The van der Waals surface area contributed by atoms with Crippen LogP contribution in [0.15, 0.2) is 40.9 Å². The number of aryl methyl sites for hydroxylation is 1. The van der Waals surface area contributed by atoms with Crippen LogP contribution in [0.4, 0.5) is 14.9 Å². The van der Waals surface area contributed by atoms with Gasteiger partial charge in [0.25, 0.3) is 5.89 Å².